The van der Waals surface area contributed by atoms with E-state index in [1.165, 1.54) is 37.7 Å². The Morgan fingerprint density at radius 3 is 2.94 bits per heavy atom. The van der Waals surface area contributed by atoms with Crippen LogP contribution in [0.25, 0.3) is 0 Å². The van der Waals surface area contributed by atoms with Crippen molar-refractivity contribution in [2.75, 3.05) is 6.61 Å². The Hall–Kier alpha value is -0.300. The van der Waals surface area contributed by atoms with Gasteiger partial charge in [0, 0.05) is 12.5 Å². The van der Waals surface area contributed by atoms with Gasteiger partial charge < -0.3 is 5.11 Å². The van der Waals surface area contributed by atoms with Gasteiger partial charge in [-0.1, -0.05) is 45.3 Å². The van der Waals surface area contributed by atoms with Crippen molar-refractivity contribution in [1.29, 1.82) is 0 Å². The van der Waals surface area contributed by atoms with E-state index >= 15 is 0 Å². The molecule has 0 aliphatic heterocycles. The molecule has 0 aromatic heterocycles. The van der Waals surface area contributed by atoms with Gasteiger partial charge in [-0.05, 0) is 36.5 Å². The highest BCUT2D eigenvalue weighted by atomic mass is 16.3. The number of rotatable bonds is 2. The van der Waals surface area contributed by atoms with Crippen LogP contribution in [0.2, 0.25) is 0 Å². The number of aliphatic hydroxyl groups excluding tert-OH is 1. The minimum Gasteiger partial charge on any atom is -0.396 e. The molecule has 0 aromatic rings. The van der Waals surface area contributed by atoms with Crippen molar-refractivity contribution in [1.82, 2.24) is 0 Å². The Morgan fingerprint density at radius 1 is 1.50 bits per heavy atom. The third-order valence-corrected chi connectivity index (χ3v) is 5.11. The molecule has 4 atom stereocenters. The maximum Gasteiger partial charge on any atom is 0.0493 e. The van der Waals surface area contributed by atoms with Crippen molar-refractivity contribution >= 4 is 0 Å². The van der Waals surface area contributed by atoms with Gasteiger partial charge in [0.15, 0.2) is 0 Å². The van der Waals surface area contributed by atoms with Crippen LogP contribution in [0.15, 0.2) is 11.6 Å². The molecule has 1 saturated carbocycles. The zero-order chi connectivity index (χ0) is 11.8. The lowest BCUT2D eigenvalue weighted by atomic mass is 9.58. The molecule has 0 saturated heterocycles. The Bertz CT molecular complexity index is 281. The van der Waals surface area contributed by atoms with Crippen molar-refractivity contribution in [3.8, 4) is 0 Å². The van der Waals surface area contributed by atoms with E-state index in [9.17, 15) is 5.11 Å². The van der Waals surface area contributed by atoms with E-state index in [1.54, 1.807) is 0 Å². The summed E-state index contributed by atoms with van der Waals surface area (Å²) in [6, 6.07) is 0. The number of aliphatic hydroxyl groups is 1. The molecular weight excluding hydrogens is 196 g/mol. The first-order valence-corrected chi connectivity index (χ1v) is 6.88. The SMILES string of the molecule is CC(CO)C1=C[C@H]2[C@H](C)CCC[C@@]2(C)CC1. The van der Waals surface area contributed by atoms with Crippen LogP contribution in [0.1, 0.15) is 52.9 Å². The van der Waals surface area contributed by atoms with Crippen molar-refractivity contribution < 1.29 is 5.11 Å². The summed E-state index contributed by atoms with van der Waals surface area (Å²) in [6.45, 7) is 7.35. The summed E-state index contributed by atoms with van der Waals surface area (Å²) in [7, 11) is 0. The van der Waals surface area contributed by atoms with Crippen molar-refractivity contribution in [2.24, 2.45) is 23.2 Å². The molecule has 92 valence electrons. The van der Waals surface area contributed by atoms with Crippen molar-refractivity contribution in [3.63, 3.8) is 0 Å². The quantitative estimate of drug-likeness (QED) is 0.705. The fourth-order valence-corrected chi connectivity index (χ4v) is 3.79. The lowest BCUT2D eigenvalue weighted by Gasteiger charge is -2.47. The van der Waals surface area contributed by atoms with Gasteiger partial charge in [-0.25, -0.2) is 0 Å². The molecule has 1 fully saturated rings. The van der Waals surface area contributed by atoms with E-state index in [0.717, 1.165) is 11.8 Å². The standard InChI is InChI=1S/C15H26O/c1-11-5-4-7-15(3)8-6-13(9-14(11)15)12(2)10-16/h9,11-12,14,16H,4-8,10H2,1-3H3/t11-,12?,14+,15+/m1/s1. The number of hydrogen-bond acceptors (Lipinski definition) is 1. The van der Waals surface area contributed by atoms with Crippen LogP contribution in [0, 0.1) is 23.2 Å². The van der Waals surface area contributed by atoms with Gasteiger partial charge in [-0.2, -0.15) is 0 Å². The first-order valence-electron chi connectivity index (χ1n) is 6.88. The van der Waals surface area contributed by atoms with Gasteiger partial charge in [0.05, 0.1) is 0 Å². The van der Waals surface area contributed by atoms with Crippen molar-refractivity contribution in [3.05, 3.63) is 11.6 Å². The molecule has 0 amide bonds. The third-order valence-electron chi connectivity index (χ3n) is 5.11. The Labute approximate surface area is 99.9 Å². The number of hydrogen-bond donors (Lipinski definition) is 1. The summed E-state index contributed by atoms with van der Waals surface area (Å²) in [5.74, 6) is 1.97. The normalized spacial score (nSPS) is 41.1. The second kappa shape index (κ2) is 4.52. The summed E-state index contributed by atoms with van der Waals surface area (Å²) in [5.41, 5.74) is 2.06. The molecule has 2 aliphatic carbocycles. The number of allylic oxidation sites excluding steroid dienone is 1. The first-order chi connectivity index (χ1) is 7.57. The molecule has 0 spiro atoms. The second-order valence-corrected chi connectivity index (χ2v) is 6.37. The largest absolute Gasteiger partial charge is 0.396 e. The van der Waals surface area contributed by atoms with E-state index in [4.69, 9.17) is 0 Å². The van der Waals surface area contributed by atoms with Crippen LogP contribution in [-0.4, -0.2) is 11.7 Å². The molecule has 1 N–H and O–H groups in total. The van der Waals surface area contributed by atoms with Crippen molar-refractivity contribution in [2.45, 2.75) is 52.9 Å². The Balaban J connectivity index is 2.21. The Morgan fingerprint density at radius 2 is 2.25 bits per heavy atom. The highest BCUT2D eigenvalue weighted by Gasteiger charge is 2.41. The van der Waals surface area contributed by atoms with Crippen LogP contribution in [-0.2, 0) is 0 Å². The summed E-state index contributed by atoms with van der Waals surface area (Å²) in [5, 5.41) is 9.27. The fraction of sp³-hybridized carbons (Fsp3) is 0.867. The highest BCUT2D eigenvalue weighted by Crippen LogP contribution is 2.52. The molecule has 1 heteroatoms. The average molecular weight is 222 g/mol. The smallest absolute Gasteiger partial charge is 0.0493 e. The zero-order valence-corrected chi connectivity index (χ0v) is 11.0. The zero-order valence-electron chi connectivity index (χ0n) is 11.0. The first kappa shape index (κ1) is 12.2. The predicted molar refractivity (Wildman–Crippen MR) is 68.2 cm³/mol. The lowest BCUT2D eigenvalue weighted by Crippen LogP contribution is -2.38. The van der Waals surface area contributed by atoms with E-state index in [1.807, 2.05) is 0 Å². The lowest BCUT2D eigenvalue weighted by molar-refractivity contribution is 0.0797. The summed E-state index contributed by atoms with van der Waals surface area (Å²) < 4.78 is 0. The molecule has 16 heavy (non-hydrogen) atoms. The molecule has 1 unspecified atom stereocenters. The van der Waals surface area contributed by atoms with Gasteiger partial charge in [0.25, 0.3) is 0 Å². The predicted octanol–water partition coefficient (Wildman–Crippen LogP) is 3.78. The molecule has 0 heterocycles. The molecule has 2 rings (SSSR count). The van der Waals surface area contributed by atoms with Gasteiger partial charge in [0.1, 0.15) is 0 Å². The van der Waals surface area contributed by atoms with Gasteiger partial charge in [-0.15, -0.1) is 0 Å². The van der Waals surface area contributed by atoms with E-state index in [2.05, 4.69) is 26.8 Å². The highest BCUT2D eigenvalue weighted by molar-refractivity contribution is 5.17. The molecule has 0 bridgehead atoms. The van der Waals surface area contributed by atoms with Gasteiger partial charge in [-0.3, -0.25) is 0 Å². The second-order valence-electron chi connectivity index (χ2n) is 6.37. The fourth-order valence-electron chi connectivity index (χ4n) is 3.79. The monoisotopic (exact) mass is 222 g/mol. The summed E-state index contributed by atoms with van der Waals surface area (Å²) >= 11 is 0. The summed E-state index contributed by atoms with van der Waals surface area (Å²) in [6.07, 6.45) is 9.26. The van der Waals surface area contributed by atoms with Crippen LogP contribution in [0.4, 0.5) is 0 Å². The molecular formula is C15H26O. The van der Waals surface area contributed by atoms with Gasteiger partial charge >= 0.3 is 0 Å². The molecule has 2 aliphatic rings. The van der Waals surface area contributed by atoms with Crippen LogP contribution >= 0.6 is 0 Å². The van der Waals surface area contributed by atoms with Crippen LogP contribution < -0.4 is 0 Å². The average Bonchev–Trinajstić information content (AvgIpc) is 2.27. The maximum absolute atomic E-state index is 9.27. The number of fused-ring (bicyclic) bond motifs is 1. The topological polar surface area (TPSA) is 20.2 Å². The van der Waals surface area contributed by atoms with Gasteiger partial charge in [0.2, 0.25) is 0 Å². The molecule has 0 radical (unpaired) electrons. The van der Waals surface area contributed by atoms with E-state index in [-0.39, 0.29) is 0 Å². The third kappa shape index (κ3) is 2.07. The van der Waals surface area contributed by atoms with E-state index < -0.39 is 0 Å². The summed E-state index contributed by atoms with van der Waals surface area (Å²) in [4.78, 5) is 0. The Kier molecular flexibility index (Phi) is 3.44. The van der Waals surface area contributed by atoms with E-state index in [0.29, 0.717) is 17.9 Å². The van der Waals surface area contributed by atoms with Crippen LogP contribution in [0.3, 0.4) is 0 Å². The molecule has 1 nitrogen and oxygen atoms in total. The minimum atomic E-state index is 0.309. The minimum absolute atomic E-state index is 0.309. The molecule has 0 aromatic carbocycles. The maximum atomic E-state index is 9.27. The van der Waals surface area contributed by atoms with Crippen LogP contribution in [0.5, 0.6) is 0 Å².